The topological polar surface area (TPSA) is 41.1 Å². The molecule has 0 radical (unpaired) electrons. The molecule has 0 heterocycles. The number of amides is 1. The van der Waals surface area contributed by atoms with E-state index in [0.29, 0.717) is 6.42 Å². The van der Waals surface area contributed by atoms with Crippen molar-refractivity contribution in [2.75, 3.05) is 5.43 Å². The lowest BCUT2D eigenvalue weighted by Crippen LogP contribution is -2.28. The van der Waals surface area contributed by atoms with Crippen molar-refractivity contribution in [1.29, 1.82) is 0 Å². The Bertz CT molecular complexity index is 301. The Morgan fingerprint density at radius 3 is 2.92 bits per heavy atom. The first-order valence-corrected chi connectivity index (χ1v) is 4.82. The second-order valence-electron chi connectivity index (χ2n) is 2.54. The number of hydrogen-bond acceptors (Lipinski definition) is 2. The number of carbonyl (C=O) groups excluding carboxylic acids is 1. The van der Waals surface area contributed by atoms with Crippen molar-refractivity contribution in [3.05, 3.63) is 28.7 Å². The fourth-order valence-corrected chi connectivity index (χ4v) is 1.20. The van der Waals surface area contributed by atoms with Gasteiger partial charge in [-0.3, -0.25) is 15.6 Å². The molecule has 0 atom stereocenters. The van der Waals surface area contributed by atoms with Gasteiger partial charge in [0.1, 0.15) is 0 Å². The number of hydrazine groups is 1. The lowest BCUT2D eigenvalue weighted by molar-refractivity contribution is -0.120. The highest BCUT2D eigenvalue weighted by Gasteiger charge is 1.95. The van der Waals surface area contributed by atoms with Gasteiger partial charge >= 0.3 is 0 Å². The summed E-state index contributed by atoms with van der Waals surface area (Å²) in [6, 6.07) is 7.58. The van der Waals surface area contributed by atoms with Crippen LogP contribution < -0.4 is 10.9 Å². The summed E-state index contributed by atoms with van der Waals surface area (Å²) < 4.78 is 0.975. The standard InChI is InChI=1S/C9H11BrN2O/c1-2-9(13)12-11-8-5-3-4-7(10)6-8/h3-6,11H,2H2,1H3,(H,12,13). The average Bonchev–Trinajstić information content (AvgIpc) is 2.14. The highest BCUT2D eigenvalue weighted by molar-refractivity contribution is 9.10. The molecular formula is C9H11BrN2O. The van der Waals surface area contributed by atoms with Crippen LogP contribution in [0.4, 0.5) is 5.69 Å². The van der Waals surface area contributed by atoms with Crippen LogP contribution in [0, 0.1) is 0 Å². The predicted molar refractivity (Wildman–Crippen MR) is 56.2 cm³/mol. The Morgan fingerprint density at radius 1 is 1.54 bits per heavy atom. The molecule has 0 fully saturated rings. The lowest BCUT2D eigenvalue weighted by Gasteiger charge is -2.06. The van der Waals surface area contributed by atoms with Crippen LogP contribution in [0.2, 0.25) is 0 Å². The third kappa shape index (κ3) is 3.46. The maximum atomic E-state index is 10.9. The maximum Gasteiger partial charge on any atom is 0.238 e. The van der Waals surface area contributed by atoms with Crippen molar-refractivity contribution in [3.8, 4) is 0 Å². The van der Waals surface area contributed by atoms with Gasteiger partial charge < -0.3 is 0 Å². The molecule has 0 bridgehead atoms. The third-order valence-corrected chi connectivity index (χ3v) is 1.99. The van der Waals surface area contributed by atoms with Gasteiger partial charge in [0, 0.05) is 10.9 Å². The molecule has 0 saturated heterocycles. The van der Waals surface area contributed by atoms with Gasteiger partial charge in [-0.25, -0.2) is 0 Å². The van der Waals surface area contributed by atoms with E-state index in [1.54, 1.807) is 6.92 Å². The van der Waals surface area contributed by atoms with Crippen molar-refractivity contribution < 1.29 is 4.79 Å². The first-order valence-electron chi connectivity index (χ1n) is 4.03. The van der Waals surface area contributed by atoms with Gasteiger partial charge in [-0.1, -0.05) is 28.9 Å². The summed E-state index contributed by atoms with van der Waals surface area (Å²) in [5.74, 6) is -0.0278. The van der Waals surface area contributed by atoms with Crippen LogP contribution in [0.1, 0.15) is 13.3 Å². The van der Waals surface area contributed by atoms with Crippen molar-refractivity contribution >= 4 is 27.5 Å². The normalized spacial score (nSPS) is 9.38. The van der Waals surface area contributed by atoms with Gasteiger partial charge in [-0.05, 0) is 18.2 Å². The van der Waals surface area contributed by atoms with E-state index in [4.69, 9.17) is 0 Å². The van der Waals surface area contributed by atoms with Crippen LogP contribution >= 0.6 is 15.9 Å². The number of nitrogens with one attached hydrogen (secondary N) is 2. The quantitative estimate of drug-likeness (QED) is 0.800. The van der Waals surface area contributed by atoms with Crippen LogP contribution in [-0.2, 0) is 4.79 Å². The SMILES string of the molecule is CCC(=O)NNc1cccc(Br)c1. The van der Waals surface area contributed by atoms with E-state index in [1.807, 2.05) is 24.3 Å². The largest absolute Gasteiger partial charge is 0.299 e. The van der Waals surface area contributed by atoms with E-state index in [-0.39, 0.29) is 5.91 Å². The molecule has 1 aromatic carbocycles. The molecule has 0 aliphatic heterocycles. The molecule has 1 aromatic rings. The van der Waals surface area contributed by atoms with Crippen LogP contribution in [0.3, 0.4) is 0 Å². The first-order chi connectivity index (χ1) is 6.22. The van der Waals surface area contributed by atoms with Gasteiger partial charge in [0.2, 0.25) is 5.91 Å². The van der Waals surface area contributed by atoms with Crippen LogP contribution in [0.25, 0.3) is 0 Å². The Kier molecular flexibility index (Phi) is 3.76. The maximum absolute atomic E-state index is 10.9. The Labute approximate surface area is 85.6 Å². The Morgan fingerprint density at radius 2 is 2.31 bits per heavy atom. The molecule has 0 unspecified atom stereocenters. The number of rotatable bonds is 3. The zero-order valence-electron chi connectivity index (χ0n) is 7.30. The molecule has 13 heavy (non-hydrogen) atoms. The van der Waals surface area contributed by atoms with Crippen molar-refractivity contribution in [2.24, 2.45) is 0 Å². The number of hydrogen-bond donors (Lipinski definition) is 2. The van der Waals surface area contributed by atoms with E-state index < -0.39 is 0 Å². The second-order valence-corrected chi connectivity index (χ2v) is 3.45. The molecule has 1 rings (SSSR count). The molecule has 0 spiro atoms. The molecule has 70 valence electrons. The fraction of sp³-hybridized carbons (Fsp3) is 0.222. The zero-order chi connectivity index (χ0) is 9.68. The highest BCUT2D eigenvalue weighted by atomic mass is 79.9. The number of anilines is 1. The predicted octanol–water partition coefficient (Wildman–Crippen LogP) is 2.30. The molecule has 1 amide bonds. The zero-order valence-corrected chi connectivity index (χ0v) is 8.89. The average molecular weight is 243 g/mol. The van der Waals surface area contributed by atoms with Crippen LogP contribution in [0.15, 0.2) is 28.7 Å². The number of carbonyl (C=O) groups is 1. The summed E-state index contributed by atoms with van der Waals surface area (Å²) in [5, 5.41) is 0. The summed E-state index contributed by atoms with van der Waals surface area (Å²) in [5.41, 5.74) is 6.23. The van der Waals surface area contributed by atoms with Crippen molar-refractivity contribution in [2.45, 2.75) is 13.3 Å². The minimum Gasteiger partial charge on any atom is -0.299 e. The minimum absolute atomic E-state index is 0.0278. The summed E-state index contributed by atoms with van der Waals surface area (Å²) >= 11 is 3.33. The summed E-state index contributed by atoms with van der Waals surface area (Å²) in [6.45, 7) is 1.80. The first kappa shape index (κ1) is 10.1. The molecule has 0 aliphatic rings. The number of benzene rings is 1. The van der Waals surface area contributed by atoms with Crippen LogP contribution in [-0.4, -0.2) is 5.91 Å². The van der Waals surface area contributed by atoms with Crippen LogP contribution in [0.5, 0.6) is 0 Å². The van der Waals surface area contributed by atoms with Gasteiger partial charge in [-0.15, -0.1) is 0 Å². The third-order valence-electron chi connectivity index (χ3n) is 1.49. The molecule has 0 saturated carbocycles. The van der Waals surface area contributed by atoms with Gasteiger partial charge in [-0.2, -0.15) is 0 Å². The smallest absolute Gasteiger partial charge is 0.238 e. The summed E-state index contributed by atoms with van der Waals surface area (Å²) in [6.07, 6.45) is 0.473. The summed E-state index contributed by atoms with van der Waals surface area (Å²) in [4.78, 5) is 10.9. The number of halogens is 1. The Balaban J connectivity index is 2.50. The van der Waals surface area contributed by atoms with Gasteiger partial charge in [0.25, 0.3) is 0 Å². The molecular weight excluding hydrogens is 232 g/mol. The minimum atomic E-state index is -0.0278. The van der Waals surface area contributed by atoms with Gasteiger partial charge in [0.05, 0.1) is 5.69 Å². The van der Waals surface area contributed by atoms with E-state index in [2.05, 4.69) is 26.8 Å². The van der Waals surface area contributed by atoms with Crippen molar-refractivity contribution in [1.82, 2.24) is 5.43 Å². The molecule has 4 heteroatoms. The monoisotopic (exact) mass is 242 g/mol. The molecule has 0 aliphatic carbocycles. The van der Waals surface area contributed by atoms with E-state index in [0.717, 1.165) is 10.2 Å². The molecule has 0 aromatic heterocycles. The highest BCUT2D eigenvalue weighted by Crippen LogP contribution is 2.14. The van der Waals surface area contributed by atoms with Gasteiger partial charge in [0.15, 0.2) is 0 Å². The summed E-state index contributed by atoms with van der Waals surface area (Å²) in [7, 11) is 0. The Hall–Kier alpha value is -1.03. The van der Waals surface area contributed by atoms with E-state index >= 15 is 0 Å². The molecule has 3 nitrogen and oxygen atoms in total. The second kappa shape index (κ2) is 4.87. The lowest BCUT2D eigenvalue weighted by atomic mass is 10.3. The fourth-order valence-electron chi connectivity index (χ4n) is 0.797. The van der Waals surface area contributed by atoms with E-state index in [1.165, 1.54) is 0 Å². The molecule has 2 N–H and O–H groups in total. The van der Waals surface area contributed by atoms with E-state index in [9.17, 15) is 4.79 Å². The van der Waals surface area contributed by atoms with Crippen molar-refractivity contribution in [3.63, 3.8) is 0 Å².